The van der Waals surface area contributed by atoms with E-state index in [0.717, 1.165) is 43.7 Å². The number of halogens is 3. The van der Waals surface area contributed by atoms with Crippen LogP contribution in [0.25, 0.3) is 0 Å². The van der Waals surface area contributed by atoms with Crippen molar-refractivity contribution in [3.8, 4) is 0 Å². The summed E-state index contributed by atoms with van der Waals surface area (Å²) >= 11 is 7.21. The van der Waals surface area contributed by atoms with E-state index in [-0.39, 0.29) is 0 Å². The van der Waals surface area contributed by atoms with Crippen LogP contribution in [0.5, 0.6) is 0 Å². The highest BCUT2D eigenvalue weighted by molar-refractivity contribution is 14.1. The van der Waals surface area contributed by atoms with E-state index in [0.29, 0.717) is 19.8 Å². The fraction of sp³-hybridized carbons (Fsp3) is 0.667. The summed E-state index contributed by atoms with van der Waals surface area (Å²) in [6, 6.07) is 4.30. The van der Waals surface area contributed by atoms with E-state index in [9.17, 15) is 0 Å². The minimum Gasteiger partial charge on any atom is -0.370 e. The van der Waals surface area contributed by atoms with Crippen molar-refractivity contribution in [3.05, 3.63) is 22.8 Å². The molecule has 0 heterocycles. The molecule has 0 unspecified atom stereocenters. The highest BCUT2D eigenvalue weighted by Crippen LogP contribution is 2.24. The second-order valence-corrected chi connectivity index (χ2v) is 11.7. The van der Waals surface area contributed by atoms with Crippen molar-refractivity contribution in [1.82, 2.24) is 0 Å². The Morgan fingerprint density at radius 2 is 1.16 bits per heavy atom. The molecule has 0 aromatic heterocycles. The highest BCUT2D eigenvalue weighted by Gasteiger charge is 2.46. The molecule has 0 radical (unpaired) electrons. The molecule has 0 amide bonds. The Labute approximate surface area is 195 Å². The van der Waals surface area contributed by atoms with Gasteiger partial charge in [-0.1, -0.05) is 46.1 Å². The minimum absolute atomic E-state index is 0.694. The summed E-state index contributed by atoms with van der Waals surface area (Å²) < 4.78 is 22.9. The van der Waals surface area contributed by atoms with Crippen molar-refractivity contribution in [2.75, 3.05) is 19.8 Å². The number of hydrogen-bond donors (Lipinski definition) is 0. The second kappa shape index (κ2) is 13.6. The fourth-order valence-corrected chi connectivity index (χ4v) is 7.96. The number of benzene rings is 1. The van der Waals surface area contributed by atoms with E-state index >= 15 is 0 Å². The van der Waals surface area contributed by atoms with Crippen LogP contribution in [0.15, 0.2) is 12.1 Å². The Kier molecular flexibility index (Phi) is 13.4. The van der Waals surface area contributed by atoms with Gasteiger partial charge in [-0.05, 0) is 93.1 Å². The molecule has 0 bridgehead atoms. The maximum Gasteiger partial charge on any atom is 0.538 e. The molecule has 3 nitrogen and oxygen atoms in total. The molecule has 1 aromatic carbocycles. The summed E-state index contributed by atoms with van der Waals surface area (Å²) in [5.74, 6) is 0. The molecule has 1 rings (SSSR count). The number of unbranched alkanes of at least 4 members (excludes halogenated alkanes) is 3. The Bertz CT molecular complexity index is 488. The van der Waals surface area contributed by atoms with E-state index in [2.05, 4.69) is 101 Å². The molecule has 0 saturated heterocycles. The van der Waals surface area contributed by atoms with Gasteiger partial charge in [-0.15, -0.1) is 0 Å². The first-order valence-corrected chi connectivity index (χ1v) is 14.0. The lowest BCUT2D eigenvalue weighted by atomic mass is 10.4. The Balaban J connectivity index is 3.20. The van der Waals surface area contributed by atoms with Crippen LogP contribution in [-0.4, -0.2) is 28.6 Å². The maximum atomic E-state index is 6.41. The van der Waals surface area contributed by atoms with Gasteiger partial charge in [0.2, 0.25) is 0 Å². The first-order valence-electron chi connectivity index (χ1n) is 9.08. The first-order chi connectivity index (χ1) is 12.0. The monoisotopic (exact) mass is 702 g/mol. The van der Waals surface area contributed by atoms with Gasteiger partial charge >= 0.3 is 8.80 Å². The average molecular weight is 702 g/mol. The average Bonchev–Trinajstić information content (AvgIpc) is 2.60. The van der Waals surface area contributed by atoms with Crippen molar-refractivity contribution in [1.29, 1.82) is 0 Å². The van der Waals surface area contributed by atoms with E-state index in [4.69, 9.17) is 13.3 Å². The molecule has 0 spiro atoms. The molecular formula is C18H29I3O3Si. The first kappa shape index (κ1) is 24.5. The third-order valence-electron chi connectivity index (χ3n) is 3.73. The zero-order valence-electron chi connectivity index (χ0n) is 15.4. The smallest absolute Gasteiger partial charge is 0.370 e. The SMILES string of the molecule is CCCCO[Si](OCCCC)(OCCCC)c1ccc(I)c(I)c1I. The topological polar surface area (TPSA) is 27.7 Å². The van der Waals surface area contributed by atoms with Crippen LogP contribution in [-0.2, 0) is 13.3 Å². The van der Waals surface area contributed by atoms with Gasteiger partial charge in [0.15, 0.2) is 0 Å². The van der Waals surface area contributed by atoms with Crippen LogP contribution in [0.4, 0.5) is 0 Å². The summed E-state index contributed by atoms with van der Waals surface area (Å²) in [6.07, 6.45) is 6.41. The molecule has 1 aromatic rings. The lowest BCUT2D eigenvalue weighted by Gasteiger charge is -2.31. The molecule has 25 heavy (non-hydrogen) atoms. The molecule has 0 N–H and O–H groups in total. The zero-order chi connectivity index (χ0) is 18.7. The molecule has 0 saturated carbocycles. The molecule has 0 fully saturated rings. The van der Waals surface area contributed by atoms with Crippen LogP contribution >= 0.6 is 67.8 Å². The molecule has 0 aliphatic carbocycles. The third kappa shape index (κ3) is 7.80. The van der Waals surface area contributed by atoms with Gasteiger partial charge < -0.3 is 13.3 Å². The number of hydrogen-bond acceptors (Lipinski definition) is 3. The lowest BCUT2D eigenvalue weighted by Crippen LogP contribution is -2.58. The van der Waals surface area contributed by atoms with E-state index in [1.165, 1.54) is 10.7 Å². The standard InChI is InChI=1S/C18H29I3O3Si/c1-4-7-12-22-25(23-13-8-5-2,24-14-9-6-3)16-11-10-15(19)17(20)18(16)21/h10-11H,4-9,12-14H2,1-3H3. The molecule has 0 aliphatic rings. The highest BCUT2D eigenvalue weighted by atomic mass is 127. The van der Waals surface area contributed by atoms with Gasteiger partial charge in [-0.3, -0.25) is 0 Å². The largest absolute Gasteiger partial charge is 0.538 e. The van der Waals surface area contributed by atoms with Crippen LogP contribution in [0.2, 0.25) is 0 Å². The Morgan fingerprint density at radius 1 is 0.720 bits per heavy atom. The van der Waals surface area contributed by atoms with Gasteiger partial charge in [0, 0.05) is 35.7 Å². The summed E-state index contributed by atoms with van der Waals surface area (Å²) in [5, 5.41) is 1.13. The van der Waals surface area contributed by atoms with Gasteiger partial charge in [0.1, 0.15) is 0 Å². The van der Waals surface area contributed by atoms with Gasteiger partial charge in [0.05, 0.1) is 0 Å². The lowest BCUT2D eigenvalue weighted by molar-refractivity contribution is 0.0698. The molecule has 0 atom stereocenters. The molecule has 0 aliphatic heterocycles. The van der Waals surface area contributed by atoms with Crippen molar-refractivity contribution >= 4 is 81.8 Å². The van der Waals surface area contributed by atoms with Gasteiger partial charge in [-0.25, -0.2) is 0 Å². The summed E-state index contributed by atoms with van der Waals surface area (Å²) in [5.41, 5.74) is 0. The zero-order valence-corrected chi connectivity index (χ0v) is 22.8. The summed E-state index contributed by atoms with van der Waals surface area (Å²) in [7, 11) is -2.90. The Hall–Kier alpha value is 1.51. The predicted molar refractivity (Wildman–Crippen MR) is 133 cm³/mol. The predicted octanol–water partition coefficient (Wildman–Crippen LogP) is 6.10. The second-order valence-electron chi connectivity index (χ2n) is 5.89. The van der Waals surface area contributed by atoms with Gasteiger partial charge in [-0.2, -0.15) is 0 Å². The van der Waals surface area contributed by atoms with Crippen LogP contribution < -0.4 is 5.19 Å². The fourth-order valence-electron chi connectivity index (χ4n) is 2.17. The minimum atomic E-state index is -2.90. The molecule has 144 valence electrons. The summed E-state index contributed by atoms with van der Waals surface area (Å²) in [4.78, 5) is 0. The van der Waals surface area contributed by atoms with Crippen molar-refractivity contribution in [3.63, 3.8) is 0 Å². The van der Waals surface area contributed by atoms with Crippen LogP contribution in [0, 0.1) is 10.7 Å². The summed E-state index contributed by atoms with van der Waals surface area (Å²) in [6.45, 7) is 8.62. The maximum absolute atomic E-state index is 6.41. The van der Waals surface area contributed by atoms with E-state index in [1.807, 2.05) is 0 Å². The number of rotatable bonds is 13. The van der Waals surface area contributed by atoms with Gasteiger partial charge in [0.25, 0.3) is 0 Å². The van der Waals surface area contributed by atoms with Crippen molar-refractivity contribution in [2.45, 2.75) is 59.3 Å². The molecular weight excluding hydrogens is 673 g/mol. The Morgan fingerprint density at radius 3 is 1.56 bits per heavy atom. The quantitative estimate of drug-likeness (QED) is 0.108. The van der Waals surface area contributed by atoms with E-state index in [1.54, 1.807) is 0 Å². The van der Waals surface area contributed by atoms with Crippen LogP contribution in [0.1, 0.15) is 59.3 Å². The normalized spacial score (nSPS) is 11.9. The third-order valence-corrected chi connectivity index (χ3v) is 12.3. The van der Waals surface area contributed by atoms with Crippen molar-refractivity contribution in [2.24, 2.45) is 0 Å². The van der Waals surface area contributed by atoms with Crippen molar-refractivity contribution < 1.29 is 13.3 Å². The van der Waals surface area contributed by atoms with Crippen LogP contribution in [0.3, 0.4) is 0 Å². The molecule has 7 heteroatoms. The van der Waals surface area contributed by atoms with E-state index < -0.39 is 8.80 Å².